The molecule has 2 N–H and O–H groups in total. The number of halogens is 1. The van der Waals surface area contributed by atoms with Crippen molar-refractivity contribution in [2.45, 2.75) is 6.42 Å². The molecule has 0 unspecified atom stereocenters. The molecule has 0 saturated heterocycles. The summed E-state index contributed by atoms with van der Waals surface area (Å²) >= 11 is 6.08. The average Bonchev–Trinajstić information content (AvgIpc) is 2.50. The first-order chi connectivity index (χ1) is 10.2. The molecule has 2 rings (SSSR count). The molecule has 1 amide bonds. The molecule has 2 aromatic rings. The van der Waals surface area contributed by atoms with Crippen LogP contribution in [0.15, 0.2) is 36.5 Å². The van der Waals surface area contributed by atoms with Crippen LogP contribution in [0.2, 0.25) is 5.02 Å². The molecular weight excluding hydrogens is 290 g/mol. The number of amides is 1. The third-order valence-corrected chi connectivity index (χ3v) is 2.82. The summed E-state index contributed by atoms with van der Waals surface area (Å²) in [6.07, 6.45) is 1.90. The number of aliphatic hydroxyl groups is 1. The first-order valence-electron chi connectivity index (χ1n) is 6.19. The third-order valence-electron chi connectivity index (χ3n) is 2.51. The maximum Gasteiger partial charge on any atom is 0.256 e. The number of nitrogens with zero attached hydrogens (tertiary/aromatic N) is 2. The molecule has 0 fully saturated rings. The van der Waals surface area contributed by atoms with Gasteiger partial charge >= 0.3 is 0 Å². The molecule has 0 aliphatic heterocycles. The van der Waals surface area contributed by atoms with Crippen LogP contribution < -0.4 is 5.32 Å². The number of anilines is 1. The zero-order valence-corrected chi connectivity index (χ0v) is 11.8. The van der Waals surface area contributed by atoms with Gasteiger partial charge in [-0.05, 0) is 30.3 Å². The Hall–Kier alpha value is -2.42. The lowest BCUT2D eigenvalue weighted by Gasteiger charge is -2.04. The fraction of sp³-hybridized carbons (Fsp3) is 0.133. The second-order valence-electron chi connectivity index (χ2n) is 4.03. The van der Waals surface area contributed by atoms with Gasteiger partial charge in [0.25, 0.3) is 5.91 Å². The van der Waals surface area contributed by atoms with Crippen LogP contribution in [0.3, 0.4) is 0 Å². The Morgan fingerprint density at radius 1 is 1.38 bits per heavy atom. The molecule has 0 saturated carbocycles. The molecule has 0 spiro atoms. The van der Waals surface area contributed by atoms with Gasteiger partial charge < -0.3 is 10.4 Å². The summed E-state index contributed by atoms with van der Waals surface area (Å²) < 4.78 is 0. The summed E-state index contributed by atoms with van der Waals surface area (Å²) in [5.74, 6) is 5.65. The lowest BCUT2D eigenvalue weighted by Crippen LogP contribution is -2.13. The van der Waals surface area contributed by atoms with Crippen molar-refractivity contribution in [2.24, 2.45) is 0 Å². The van der Waals surface area contributed by atoms with E-state index in [1.807, 2.05) is 0 Å². The van der Waals surface area contributed by atoms with E-state index in [-0.39, 0.29) is 12.5 Å². The maximum absolute atomic E-state index is 12.0. The van der Waals surface area contributed by atoms with Gasteiger partial charge in [0.15, 0.2) is 5.82 Å². The van der Waals surface area contributed by atoms with Crippen molar-refractivity contribution in [3.63, 3.8) is 0 Å². The van der Waals surface area contributed by atoms with Gasteiger partial charge in [0, 0.05) is 23.7 Å². The molecule has 0 bridgehead atoms. The number of hydrogen-bond donors (Lipinski definition) is 2. The highest BCUT2D eigenvalue weighted by atomic mass is 35.5. The number of nitrogens with one attached hydrogen (secondary N) is 1. The van der Waals surface area contributed by atoms with Crippen LogP contribution >= 0.6 is 11.6 Å². The predicted octanol–water partition coefficient (Wildman–Crippen LogP) is 2.12. The number of hydrogen-bond acceptors (Lipinski definition) is 4. The van der Waals surface area contributed by atoms with Gasteiger partial charge in [-0.15, -0.1) is 5.10 Å². The van der Waals surface area contributed by atoms with Gasteiger partial charge in [-0.1, -0.05) is 23.4 Å². The molecule has 0 aliphatic carbocycles. The van der Waals surface area contributed by atoms with Crippen molar-refractivity contribution in [2.75, 3.05) is 11.9 Å². The van der Waals surface area contributed by atoms with Crippen molar-refractivity contribution < 1.29 is 9.90 Å². The highest BCUT2D eigenvalue weighted by Gasteiger charge is 2.09. The standard InChI is InChI=1S/C15H12ClN3O2/c16-13-10-12(7-6-11(13)4-1-2-9-20)15(21)18-14-5-3-8-17-19-14/h3,5-8,10,20H,2,9H2,(H,18,19,21). The van der Waals surface area contributed by atoms with Crippen molar-refractivity contribution in [1.82, 2.24) is 10.2 Å². The van der Waals surface area contributed by atoms with Crippen molar-refractivity contribution in [1.29, 1.82) is 0 Å². The Labute approximate surface area is 127 Å². The highest BCUT2D eigenvalue weighted by Crippen LogP contribution is 2.17. The van der Waals surface area contributed by atoms with Crippen LogP contribution in [-0.2, 0) is 0 Å². The Bertz CT molecular complexity index is 693. The zero-order valence-electron chi connectivity index (χ0n) is 11.0. The van der Waals surface area contributed by atoms with E-state index in [4.69, 9.17) is 16.7 Å². The highest BCUT2D eigenvalue weighted by molar-refractivity contribution is 6.32. The first-order valence-corrected chi connectivity index (χ1v) is 6.57. The molecule has 0 atom stereocenters. The van der Waals surface area contributed by atoms with E-state index in [1.54, 1.807) is 24.3 Å². The first kappa shape index (κ1) is 15.0. The SMILES string of the molecule is O=C(Nc1cccnn1)c1ccc(C#CCCO)c(Cl)c1. The minimum absolute atomic E-state index is 0.00319. The molecular formula is C15H12ClN3O2. The summed E-state index contributed by atoms with van der Waals surface area (Å²) in [4.78, 5) is 12.0. The van der Waals surface area contributed by atoms with E-state index in [0.717, 1.165) is 0 Å². The summed E-state index contributed by atoms with van der Waals surface area (Å²) in [6, 6.07) is 8.14. The molecule has 1 heterocycles. The van der Waals surface area contributed by atoms with Crippen LogP contribution in [0.25, 0.3) is 0 Å². The van der Waals surface area contributed by atoms with Crippen molar-refractivity contribution in [3.05, 3.63) is 52.7 Å². The number of aromatic nitrogens is 2. The van der Waals surface area contributed by atoms with Crippen LogP contribution in [0.1, 0.15) is 22.3 Å². The van der Waals surface area contributed by atoms with Gasteiger partial charge in [0.2, 0.25) is 0 Å². The van der Waals surface area contributed by atoms with Crippen LogP contribution in [-0.4, -0.2) is 27.8 Å². The Morgan fingerprint density at radius 2 is 2.24 bits per heavy atom. The van der Waals surface area contributed by atoms with Crippen LogP contribution in [0, 0.1) is 11.8 Å². The summed E-state index contributed by atoms with van der Waals surface area (Å²) in [7, 11) is 0. The Balaban J connectivity index is 2.13. The minimum Gasteiger partial charge on any atom is -0.395 e. The van der Waals surface area contributed by atoms with E-state index >= 15 is 0 Å². The zero-order chi connectivity index (χ0) is 15.1. The summed E-state index contributed by atoms with van der Waals surface area (Å²) in [5.41, 5.74) is 1.01. The lowest BCUT2D eigenvalue weighted by molar-refractivity contribution is 0.102. The van der Waals surface area contributed by atoms with E-state index in [9.17, 15) is 4.79 Å². The fourth-order valence-electron chi connectivity index (χ4n) is 1.53. The molecule has 5 nitrogen and oxygen atoms in total. The quantitative estimate of drug-likeness (QED) is 0.852. The maximum atomic E-state index is 12.0. The second-order valence-corrected chi connectivity index (χ2v) is 4.44. The second kappa shape index (κ2) is 7.39. The normalized spacial score (nSPS) is 9.62. The van der Waals surface area contributed by atoms with E-state index in [2.05, 4.69) is 27.4 Å². The van der Waals surface area contributed by atoms with E-state index in [0.29, 0.717) is 28.4 Å². The van der Waals surface area contributed by atoms with Crippen molar-refractivity contribution >= 4 is 23.3 Å². The van der Waals surface area contributed by atoms with Crippen molar-refractivity contribution in [3.8, 4) is 11.8 Å². The number of carbonyl (C=O) groups excluding carboxylic acids is 1. The third kappa shape index (κ3) is 4.28. The molecule has 0 radical (unpaired) electrons. The molecule has 1 aromatic carbocycles. The Morgan fingerprint density at radius 3 is 2.90 bits per heavy atom. The molecule has 1 aromatic heterocycles. The van der Waals surface area contributed by atoms with Gasteiger partial charge in [-0.2, -0.15) is 5.10 Å². The largest absolute Gasteiger partial charge is 0.395 e. The van der Waals surface area contributed by atoms with Gasteiger partial charge in [-0.3, -0.25) is 4.79 Å². The number of carbonyl (C=O) groups is 1. The molecule has 21 heavy (non-hydrogen) atoms. The smallest absolute Gasteiger partial charge is 0.256 e. The average molecular weight is 302 g/mol. The van der Waals surface area contributed by atoms with Gasteiger partial charge in [-0.25, -0.2) is 0 Å². The van der Waals surface area contributed by atoms with Gasteiger partial charge in [0.1, 0.15) is 0 Å². The number of benzene rings is 1. The monoisotopic (exact) mass is 301 g/mol. The van der Waals surface area contributed by atoms with Crippen LogP contribution in [0.4, 0.5) is 5.82 Å². The fourth-order valence-corrected chi connectivity index (χ4v) is 1.76. The molecule has 106 valence electrons. The van der Waals surface area contributed by atoms with E-state index in [1.165, 1.54) is 12.3 Å². The van der Waals surface area contributed by atoms with E-state index < -0.39 is 0 Å². The lowest BCUT2D eigenvalue weighted by atomic mass is 10.1. The van der Waals surface area contributed by atoms with Crippen LogP contribution in [0.5, 0.6) is 0 Å². The summed E-state index contributed by atoms with van der Waals surface area (Å²) in [6.45, 7) is 0.00319. The summed E-state index contributed by atoms with van der Waals surface area (Å²) in [5, 5.41) is 19.1. The topological polar surface area (TPSA) is 75.1 Å². The van der Waals surface area contributed by atoms with Gasteiger partial charge in [0.05, 0.1) is 11.6 Å². The molecule has 0 aliphatic rings. The Kier molecular flexibility index (Phi) is 5.27. The minimum atomic E-state index is -0.327. The number of aliphatic hydroxyl groups excluding tert-OH is 1. The molecule has 6 heteroatoms. The predicted molar refractivity (Wildman–Crippen MR) is 80.0 cm³/mol. The number of rotatable bonds is 3.